The topological polar surface area (TPSA) is 3.24 Å². The van der Waals surface area contributed by atoms with Crippen LogP contribution in [0.4, 0.5) is 5.69 Å². The van der Waals surface area contributed by atoms with Gasteiger partial charge in [0, 0.05) is 46.8 Å². The molecule has 1 aromatic rings. The normalized spacial score (nSPS) is 8.64. The minimum absolute atomic E-state index is 0. The Kier molecular flexibility index (Phi) is 4.95. The van der Waals surface area contributed by atoms with Crippen LogP contribution in [0.3, 0.4) is 0 Å². The summed E-state index contributed by atoms with van der Waals surface area (Å²) < 4.78 is 0. The second-order valence-electron chi connectivity index (χ2n) is 2.62. The molecule has 0 spiro atoms. The molecule has 11 heavy (non-hydrogen) atoms. The van der Waals surface area contributed by atoms with E-state index in [-0.39, 0.29) is 32.7 Å². The molecule has 2 heteroatoms. The number of hydrogen-bond acceptors (Lipinski definition) is 1. The van der Waals surface area contributed by atoms with Gasteiger partial charge in [0.25, 0.3) is 0 Å². The van der Waals surface area contributed by atoms with Crippen molar-refractivity contribution in [1.82, 2.24) is 0 Å². The zero-order valence-corrected chi connectivity index (χ0v) is 10.1. The number of rotatable bonds is 1. The third-order valence-corrected chi connectivity index (χ3v) is 1.45. The summed E-state index contributed by atoms with van der Waals surface area (Å²) in [6.07, 6.45) is 0. The smallest absolute Gasteiger partial charge is 0.00397 e. The van der Waals surface area contributed by atoms with Crippen LogP contribution in [-0.2, 0) is 32.7 Å². The molecule has 0 aromatic heterocycles. The van der Waals surface area contributed by atoms with Crippen LogP contribution in [0.1, 0.15) is 5.56 Å². The summed E-state index contributed by atoms with van der Waals surface area (Å²) in [6, 6.07) is 9.21. The Morgan fingerprint density at radius 3 is 2.36 bits per heavy atom. The average molecular weight is 223 g/mol. The summed E-state index contributed by atoms with van der Waals surface area (Å²) in [5.74, 6) is 0. The second-order valence-corrected chi connectivity index (χ2v) is 2.62. The van der Waals surface area contributed by atoms with Crippen molar-refractivity contribution in [2.45, 2.75) is 6.92 Å². The zero-order chi connectivity index (χ0) is 7.56. The molecule has 0 saturated heterocycles. The third-order valence-electron chi connectivity index (χ3n) is 1.45. The van der Waals surface area contributed by atoms with Gasteiger partial charge < -0.3 is 4.90 Å². The molecule has 0 atom stereocenters. The van der Waals surface area contributed by atoms with Gasteiger partial charge >= 0.3 is 0 Å². The van der Waals surface area contributed by atoms with Crippen LogP contribution in [0.2, 0.25) is 0 Å². The summed E-state index contributed by atoms with van der Waals surface area (Å²) >= 11 is 0. The summed E-state index contributed by atoms with van der Waals surface area (Å²) in [5, 5.41) is 0. The van der Waals surface area contributed by atoms with E-state index in [2.05, 4.69) is 17.0 Å². The SMILES string of the molecule is Cc1[c-]ccc(N(C)C)c1.[Y]. The molecule has 0 aliphatic carbocycles. The second kappa shape index (κ2) is 4.89. The molecule has 1 aromatic carbocycles. The Morgan fingerprint density at radius 1 is 1.36 bits per heavy atom. The van der Waals surface area contributed by atoms with E-state index in [9.17, 15) is 0 Å². The van der Waals surface area contributed by atoms with Crippen molar-refractivity contribution in [2.24, 2.45) is 0 Å². The molecule has 0 bridgehead atoms. The van der Waals surface area contributed by atoms with Gasteiger partial charge in [-0.1, -0.05) is 12.6 Å². The Morgan fingerprint density at radius 2 is 2.00 bits per heavy atom. The standard InChI is InChI=1S/C9H12N.Y/c1-8-5-4-6-9(7-8)10(2)3;/h4,6-7H,1-3H3;/q-1;. The van der Waals surface area contributed by atoms with Gasteiger partial charge in [0.05, 0.1) is 0 Å². The molecular formula is C9H12NY-. The minimum atomic E-state index is 0. The van der Waals surface area contributed by atoms with E-state index < -0.39 is 0 Å². The summed E-state index contributed by atoms with van der Waals surface area (Å²) in [6.45, 7) is 2.05. The monoisotopic (exact) mass is 223 g/mol. The number of benzene rings is 1. The maximum Gasteiger partial charge on any atom is 0.00397 e. The summed E-state index contributed by atoms with van der Waals surface area (Å²) in [7, 11) is 4.07. The summed E-state index contributed by atoms with van der Waals surface area (Å²) in [5.41, 5.74) is 2.42. The molecule has 0 aliphatic rings. The molecular weight excluding hydrogens is 211 g/mol. The minimum Gasteiger partial charge on any atom is -0.399 e. The fourth-order valence-electron chi connectivity index (χ4n) is 0.848. The van der Waals surface area contributed by atoms with Crippen LogP contribution in [0.5, 0.6) is 0 Å². The van der Waals surface area contributed by atoms with Gasteiger partial charge in [-0.15, -0.1) is 12.1 Å². The predicted octanol–water partition coefficient (Wildman–Crippen LogP) is 1.86. The van der Waals surface area contributed by atoms with Crippen molar-refractivity contribution in [1.29, 1.82) is 0 Å². The molecule has 0 saturated carbocycles. The van der Waals surface area contributed by atoms with Crippen LogP contribution in [0.15, 0.2) is 18.2 Å². The van der Waals surface area contributed by atoms with Crippen molar-refractivity contribution >= 4 is 5.69 Å². The van der Waals surface area contributed by atoms with Gasteiger partial charge in [-0.25, -0.2) is 0 Å². The van der Waals surface area contributed by atoms with Crippen molar-refractivity contribution in [2.75, 3.05) is 19.0 Å². The van der Waals surface area contributed by atoms with Gasteiger partial charge in [-0.3, -0.25) is 0 Å². The number of anilines is 1. The van der Waals surface area contributed by atoms with Crippen molar-refractivity contribution < 1.29 is 32.7 Å². The van der Waals surface area contributed by atoms with Gasteiger partial charge in [-0.2, -0.15) is 17.7 Å². The van der Waals surface area contributed by atoms with Gasteiger partial charge in [0.1, 0.15) is 0 Å². The Hall–Kier alpha value is 0.124. The zero-order valence-electron chi connectivity index (χ0n) is 7.26. The van der Waals surface area contributed by atoms with Gasteiger partial charge in [-0.05, 0) is 0 Å². The Labute approximate surface area is 93.7 Å². The van der Waals surface area contributed by atoms with E-state index in [1.807, 2.05) is 33.2 Å². The van der Waals surface area contributed by atoms with Crippen molar-refractivity contribution in [3.8, 4) is 0 Å². The number of aryl methyl sites for hydroxylation is 1. The first-order chi connectivity index (χ1) is 4.70. The fraction of sp³-hybridized carbons (Fsp3) is 0.333. The van der Waals surface area contributed by atoms with E-state index in [4.69, 9.17) is 0 Å². The average Bonchev–Trinajstić information content (AvgIpc) is 1.88. The molecule has 0 N–H and O–H groups in total. The molecule has 0 aliphatic heterocycles. The molecule has 1 rings (SSSR count). The maximum atomic E-state index is 3.10. The van der Waals surface area contributed by atoms with E-state index in [0.717, 1.165) is 0 Å². The fourth-order valence-corrected chi connectivity index (χ4v) is 0.848. The summed E-state index contributed by atoms with van der Waals surface area (Å²) in [4.78, 5) is 2.08. The van der Waals surface area contributed by atoms with Crippen LogP contribution in [0, 0.1) is 13.0 Å². The molecule has 0 unspecified atom stereocenters. The van der Waals surface area contributed by atoms with Crippen molar-refractivity contribution in [3.63, 3.8) is 0 Å². The van der Waals surface area contributed by atoms with E-state index in [1.54, 1.807) is 0 Å². The van der Waals surface area contributed by atoms with Gasteiger partial charge in [0.2, 0.25) is 0 Å². The van der Waals surface area contributed by atoms with E-state index in [0.29, 0.717) is 0 Å². The van der Waals surface area contributed by atoms with E-state index >= 15 is 0 Å². The first-order valence-electron chi connectivity index (χ1n) is 3.36. The van der Waals surface area contributed by atoms with Crippen LogP contribution in [-0.4, -0.2) is 14.1 Å². The Bertz CT molecular complexity index is 221. The largest absolute Gasteiger partial charge is 0.399 e. The molecule has 0 heterocycles. The predicted molar refractivity (Wildman–Crippen MR) is 44.3 cm³/mol. The third kappa shape index (κ3) is 3.35. The van der Waals surface area contributed by atoms with E-state index in [1.165, 1.54) is 11.3 Å². The van der Waals surface area contributed by atoms with Crippen LogP contribution in [0.25, 0.3) is 0 Å². The molecule has 0 amide bonds. The number of hydrogen-bond donors (Lipinski definition) is 0. The maximum absolute atomic E-state index is 3.10. The quantitative estimate of drug-likeness (QED) is 0.657. The molecule has 0 fully saturated rings. The first kappa shape index (κ1) is 11.1. The van der Waals surface area contributed by atoms with Crippen molar-refractivity contribution in [3.05, 3.63) is 29.8 Å². The first-order valence-corrected chi connectivity index (χ1v) is 3.36. The van der Waals surface area contributed by atoms with Gasteiger partial charge in [0.15, 0.2) is 0 Å². The molecule has 1 nitrogen and oxygen atoms in total. The van der Waals surface area contributed by atoms with Crippen LogP contribution < -0.4 is 4.90 Å². The van der Waals surface area contributed by atoms with Crippen LogP contribution >= 0.6 is 0 Å². The molecule has 1 radical (unpaired) electrons. The Balaban J connectivity index is 0.000001000. The molecule has 57 valence electrons. The number of nitrogens with zero attached hydrogens (tertiary/aromatic N) is 1.